The molecule has 6 rings (SSSR count). The summed E-state index contributed by atoms with van der Waals surface area (Å²) in [4.78, 5) is 54.7. The summed E-state index contributed by atoms with van der Waals surface area (Å²) in [5.41, 5.74) is 0.437. The van der Waals surface area contributed by atoms with E-state index in [9.17, 15) is 24.3 Å². The van der Waals surface area contributed by atoms with Crippen molar-refractivity contribution in [2.75, 3.05) is 0 Å². The average Bonchev–Trinajstić information content (AvgIpc) is 3.28. The number of fused-ring (bicyclic) bond motifs is 1. The number of rotatable bonds is 8. The van der Waals surface area contributed by atoms with Crippen LogP contribution in [0.5, 0.6) is 5.88 Å². The molecule has 2 amide bonds. The van der Waals surface area contributed by atoms with Crippen LogP contribution in [0.2, 0.25) is 0 Å². The number of aromatic hydroxyl groups is 1. The zero-order chi connectivity index (χ0) is 29.9. The fourth-order valence-corrected chi connectivity index (χ4v) is 4.99. The molecule has 1 N–H and O–H groups in total. The maximum Gasteiger partial charge on any atom is 2.00 e. The van der Waals surface area contributed by atoms with Gasteiger partial charge in [0, 0.05) is 0 Å². The number of nitrogens with zero attached hydrogens (tertiary/aromatic N) is 5. The van der Waals surface area contributed by atoms with E-state index in [2.05, 4.69) is 10.2 Å². The van der Waals surface area contributed by atoms with Gasteiger partial charge in [0.2, 0.25) is 11.6 Å². The van der Waals surface area contributed by atoms with Crippen molar-refractivity contribution in [2.24, 2.45) is 10.2 Å². The third kappa shape index (κ3) is 5.78. The van der Waals surface area contributed by atoms with Crippen molar-refractivity contribution in [2.45, 2.75) is 19.6 Å². The molecule has 0 aliphatic carbocycles. The maximum absolute atomic E-state index is 13.6. The monoisotopic (exact) mass is 634 g/mol. The van der Waals surface area contributed by atoms with Crippen LogP contribution in [0.3, 0.4) is 0 Å². The van der Waals surface area contributed by atoms with E-state index in [1.54, 1.807) is 54.6 Å². The first-order chi connectivity index (χ1) is 20.9. The number of carbonyl (C=O) groups excluding carboxylic acids is 2. The van der Waals surface area contributed by atoms with Gasteiger partial charge in [-0.05, 0) is 28.8 Å². The molecule has 5 aromatic rings. The predicted octanol–water partition coefficient (Wildman–Crippen LogP) is 5.02. The number of aromatic nitrogens is 2. The Morgan fingerprint density at radius 3 is 1.66 bits per heavy atom. The van der Waals surface area contributed by atoms with Crippen molar-refractivity contribution < 1.29 is 31.8 Å². The molecule has 44 heavy (non-hydrogen) atoms. The number of amides is 2. The van der Waals surface area contributed by atoms with Crippen LogP contribution in [0, 0.1) is 0 Å². The van der Waals surface area contributed by atoms with Gasteiger partial charge in [-0.2, -0.15) is 0 Å². The Hall–Kier alpha value is -5.38. The summed E-state index contributed by atoms with van der Waals surface area (Å²) in [6.07, 6.45) is 0. The topological polar surface area (TPSA) is 126 Å². The Bertz CT molecular complexity index is 1990. The fourth-order valence-electron chi connectivity index (χ4n) is 4.99. The summed E-state index contributed by atoms with van der Waals surface area (Å²) in [6, 6.07) is 31.7. The number of benzene rings is 4. The molecule has 10 nitrogen and oxygen atoms in total. The SMILES string of the molecule is O=C1c2cccc(N=Nc3c(O)n(Cc4ccccc4)c(=O)n(Cc4ccccc4)c3=O)c2C(=O)N1Cc1ccccc1.[Cu+2]. The minimum atomic E-state index is -0.847. The summed E-state index contributed by atoms with van der Waals surface area (Å²) in [5, 5.41) is 19.4. The van der Waals surface area contributed by atoms with Crippen LogP contribution in [0.1, 0.15) is 37.4 Å². The Kier molecular flexibility index (Phi) is 8.80. The molecule has 1 aromatic heterocycles. The van der Waals surface area contributed by atoms with Crippen LogP contribution < -0.4 is 11.2 Å². The average molecular weight is 635 g/mol. The Morgan fingerprint density at radius 1 is 0.568 bits per heavy atom. The molecule has 1 radical (unpaired) electrons. The Labute approximate surface area is 262 Å². The first kappa shape index (κ1) is 30.1. The van der Waals surface area contributed by atoms with Crippen molar-refractivity contribution in [3.05, 3.63) is 158 Å². The van der Waals surface area contributed by atoms with E-state index in [1.807, 2.05) is 42.5 Å². The smallest absolute Gasteiger partial charge is 0.493 e. The number of imide groups is 1. The van der Waals surface area contributed by atoms with Crippen LogP contribution >= 0.6 is 0 Å². The van der Waals surface area contributed by atoms with Crippen LogP contribution in [0.15, 0.2) is 129 Å². The molecular formula is C33H25CuN5O5+2. The van der Waals surface area contributed by atoms with Crippen molar-refractivity contribution >= 4 is 23.2 Å². The van der Waals surface area contributed by atoms with Crippen molar-refractivity contribution in [3.8, 4) is 5.88 Å². The first-order valence-electron chi connectivity index (χ1n) is 13.5. The number of carbonyl (C=O) groups is 2. The van der Waals surface area contributed by atoms with E-state index in [0.29, 0.717) is 5.56 Å². The first-order valence-corrected chi connectivity index (χ1v) is 13.5. The van der Waals surface area contributed by atoms with Crippen LogP contribution in [-0.4, -0.2) is 31.0 Å². The van der Waals surface area contributed by atoms with Crippen LogP contribution in [0.25, 0.3) is 0 Å². The summed E-state index contributed by atoms with van der Waals surface area (Å²) < 4.78 is 2.04. The molecule has 0 atom stereocenters. The Balaban J connectivity index is 0.00000384. The van der Waals surface area contributed by atoms with Gasteiger partial charge in [-0.25, -0.2) is 4.79 Å². The van der Waals surface area contributed by atoms with Crippen molar-refractivity contribution in [1.29, 1.82) is 0 Å². The van der Waals surface area contributed by atoms with Gasteiger partial charge in [-0.1, -0.05) is 97.1 Å². The maximum atomic E-state index is 13.6. The van der Waals surface area contributed by atoms with E-state index < -0.39 is 34.6 Å². The Morgan fingerprint density at radius 2 is 1.09 bits per heavy atom. The third-order valence-corrected chi connectivity index (χ3v) is 7.16. The number of hydrogen-bond donors (Lipinski definition) is 1. The van der Waals surface area contributed by atoms with Gasteiger partial charge >= 0.3 is 22.8 Å². The molecule has 0 fully saturated rings. The second-order valence-corrected chi connectivity index (χ2v) is 9.99. The fraction of sp³-hybridized carbons (Fsp3) is 0.0909. The van der Waals surface area contributed by atoms with E-state index in [0.717, 1.165) is 25.2 Å². The van der Waals surface area contributed by atoms with Gasteiger partial charge in [0.25, 0.3) is 17.4 Å². The number of hydrogen-bond acceptors (Lipinski definition) is 7. The van der Waals surface area contributed by atoms with Crippen molar-refractivity contribution in [1.82, 2.24) is 14.0 Å². The molecule has 11 heteroatoms. The van der Waals surface area contributed by atoms with Gasteiger partial charge in [0.15, 0.2) is 0 Å². The summed E-state index contributed by atoms with van der Waals surface area (Å²) in [6.45, 7) is 0.00271. The zero-order valence-electron chi connectivity index (χ0n) is 23.1. The molecule has 0 unspecified atom stereocenters. The van der Waals surface area contributed by atoms with E-state index >= 15 is 0 Å². The molecule has 1 aliphatic rings. The van der Waals surface area contributed by atoms with Crippen LogP contribution in [-0.2, 0) is 36.7 Å². The van der Waals surface area contributed by atoms with Gasteiger partial charge < -0.3 is 5.11 Å². The summed E-state index contributed by atoms with van der Waals surface area (Å²) in [5.74, 6) is -1.67. The van der Waals surface area contributed by atoms with Crippen molar-refractivity contribution in [3.63, 3.8) is 0 Å². The van der Waals surface area contributed by atoms with Gasteiger partial charge in [-0.3, -0.25) is 28.4 Å². The molecule has 4 aromatic carbocycles. The third-order valence-electron chi connectivity index (χ3n) is 7.16. The molecule has 221 valence electrons. The molecule has 1 aliphatic heterocycles. The molecule has 0 bridgehead atoms. The molecule has 2 heterocycles. The summed E-state index contributed by atoms with van der Waals surface area (Å²) in [7, 11) is 0. The van der Waals surface area contributed by atoms with E-state index in [4.69, 9.17) is 0 Å². The second-order valence-electron chi connectivity index (χ2n) is 9.99. The standard InChI is InChI=1S/C33H25N5O5.Cu/c39-29-25-17-10-18-26(27(25)30(40)36(29)19-22-11-4-1-5-12-22)34-35-28-31(41)37(20-23-13-6-2-7-14-23)33(43)38(32(28)42)21-24-15-8-3-9-16-24;/h1-18,41H,19-21H2;/q;+2. The van der Waals surface area contributed by atoms with E-state index in [1.165, 1.54) is 12.1 Å². The zero-order valence-corrected chi connectivity index (χ0v) is 24.1. The number of azo groups is 1. The van der Waals surface area contributed by atoms with Gasteiger partial charge in [0.1, 0.15) is 0 Å². The van der Waals surface area contributed by atoms with Gasteiger partial charge in [-0.15, -0.1) is 10.2 Å². The second kappa shape index (κ2) is 12.9. The van der Waals surface area contributed by atoms with Gasteiger partial charge in [0.05, 0.1) is 36.4 Å². The molecular weight excluding hydrogens is 610 g/mol. The van der Waals surface area contributed by atoms with Crippen LogP contribution in [0.4, 0.5) is 11.4 Å². The largest absolute Gasteiger partial charge is 2.00 e. The molecule has 0 saturated carbocycles. The minimum Gasteiger partial charge on any atom is -0.493 e. The van der Waals surface area contributed by atoms with E-state index in [-0.39, 0.29) is 53.5 Å². The normalized spacial score (nSPS) is 12.4. The summed E-state index contributed by atoms with van der Waals surface area (Å²) >= 11 is 0. The predicted molar refractivity (Wildman–Crippen MR) is 159 cm³/mol. The molecule has 0 spiro atoms. The minimum absolute atomic E-state index is 0. The molecule has 0 saturated heterocycles. The quantitative estimate of drug-likeness (QED) is 0.146.